The van der Waals surface area contributed by atoms with Gasteiger partial charge in [0.1, 0.15) is 5.75 Å². The normalized spacial score (nSPS) is 13.6. The molecule has 0 amide bonds. The Bertz CT molecular complexity index is 645. The molecule has 21 heavy (non-hydrogen) atoms. The lowest BCUT2D eigenvalue weighted by molar-refractivity contribution is 0.296. The molecule has 0 bridgehead atoms. The van der Waals surface area contributed by atoms with Crippen molar-refractivity contribution in [3.05, 3.63) is 46.4 Å². The molecule has 1 aliphatic rings. The minimum atomic E-state index is 0.250. The van der Waals surface area contributed by atoms with Gasteiger partial charge in [0, 0.05) is 24.7 Å². The van der Waals surface area contributed by atoms with E-state index in [2.05, 4.69) is 21.2 Å². The number of aromatic hydroxyl groups is 1. The molecular formula is C16H16BrNO3. The van der Waals surface area contributed by atoms with Crippen molar-refractivity contribution in [3.63, 3.8) is 0 Å². The fourth-order valence-corrected chi connectivity index (χ4v) is 2.81. The molecule has 2 N–H and O–H groups in total. The van der Waals surface area contributed by atoms with Gasteiger partial charge in [-0.1, -0.05) is 6.07 Å². The van der Waals surface area contributed by atoms with Crippen LogP contribution in [0, 0.1) is 0 Å². The molecule has 0 radical (unpaired) electrons. The van der Waals surface area contributed by atoms with Crippen LogP contribution in [0.3, 0.4) is 0 Å². The Kier molecular flexibility index (Phi) is 4.20. The highest BCUT2D eigenvalue weighted by Gasteiger charge is 2.15. The van der Waals surface area contributed by atoms with Gasteiger partial charge < -0.3 is 19.9 Å². The molecule has 1 heterocycles. The standard InChI is InChI=1S/C16H16BrNO3/c17-14-7-11(8-15-16(14)21-6-2-5-20-15)10-18-12-3-1-4-13(19)9-12/h1,3-4,7-9,18-19H,2,5-6,10H2. The summed E-state index contributed by atoms with van der Waals surface area (Å²) in [4.78, 5) is 0. The molecule has 0 unspecified atom stereocenters. The maximum atomic E-state index is 9.46. The molecule has 3 rings (SSSR count). The number of rotatable bonds is 3. The van der Waals surface area contributed by atoms with Crippen molar-refractivity contribution in [3.8, 4) is 17.2 Å². The molecule has 4 nitrogen and oxygen atoms in total. The smallest absolute Gasteiger partial charge is 0.175 e. The quantitative estimate of drug-likeness (QED) is 0.881. The van der Waals surface area contributed by atoms with Crippen LogP contribution in [0.2, 0.25) is 0 Å². The molecule has 110 valence electrons. The summed E-state index contributed by atoms with van der Waals surface area (Å²) >= 11 is 3.53. The third-order valence-corrected chi connectivity index (χ3v) is 3.79. The number of anilines is 1. The first-order valence-corrected chi connectivity index (χ1v) is 7.62. The van der Waals surface area contributed by atoms with Crippen molar-refractivity contribution >= 4 is 21.6 Å². The van der Waals surface area contributed by atoms with E-state index >= 15 is 0 Å². The molecule has 5 heteroatoms. The molecule has 0 saturated carbocycles. The van der Waals surface area contributed by atoms with Crippen molar-refractivity contribution in [1.82, 2.24) is 0 Å². The van der Waals surface area contributed by atoms with Crippen LogP contribution in [-0.4, -0.2) is 18.3 Å². The fraction of sp³-hybridized carbons (Fsp3) is 0.250. The summed E-state index contributed by atoms with van der Waals surface area (Å²) in [5, 5.41) is 12.7. The van der Waals surface area contributed by atoms with E-state index in [1.807, 2.05) is 24.3 Å². The first kappa shape index (κ1) is 14.1. The Balaban J connectivity index is 1.77. The molecular weight excluding hydrogens is 334 g/mol. The molecule has 0 saturated heterocycles. The molecule has 0 spiro atoms. The monoisotopic (exact) mass is 349 g/mol. The second-order valence-corrected chi connectivity index (χ2v) is 5.71. The summed E-state index contributed by atoms with van der Waals surface area (Å²) in [6, 6.07) is 11.1. The number of ether oxygens (including phenoxy) is 2. The summed E-state index contributed by atoms with van der Waals surface area (Å²) in [6.45, 7) is 1.98. The highest BCUT2D eigenvalue weighted by Crippen LogP contribution is 2.38. The van der Waals surface area contributed by atoms with Gasteiger partial charge >= 0.3 is 0 Å². The Morgan fingerprint density at radius 1 is 1.14 bits per heavy atom. The number of hydrogen-bond donors (Lipinski definition) is 2. The van der Waals surface area contributed by atoms with Gasteiger partial charge in [0.05, 0.1) is 17.7 Å². The summed E-state index contributed by atoms with van der Waals surface area (Å²) in [5.74, 6) is 1.79. The number of hydrogen-bond acceptors (Lipinski definition) is 4. The van der Waals surface area contributed by atoms with Crippen LogP contribution in [0.1, 0.15) is 12.0 Å². The van der Waals surface area contributed by atoms with Crippen LogP contribution in [-0.2, 0) is 6.54 Å². The van der Waals surface area contributed by atoms with Gasteiger partial charge in [0.15, 0.2) is 11.5 Å². The van der Waals surface area contributed by atoms with Crippen LogP contribution in [0.25, 0.3) is 0 Å². The minimum absolute atomic E-state index is 0.250. The average Bonchev–Trinajstić information content (AvgIpc) is 2.71. The molecule has 1 aliphatic heterocycles. The highest BCUT2D eigenvalue weighted by molar-refractivity contribution is 9.10. The van der Waals surface area contributed by atoms with Gasteiger partial charge in [-0.05, 0) is 45.8 Å². The second-order valence-electron chi connectivity index (χ2n) is 4.86. The van der Waals surface area contributed by atoms with E-state index in [0.717, 1.165) is 33.6 Å². The summed E-state index contributed by atoms with van der Waals surface area (Å²) in [7, 11) is 0. The first-order valence-electron chi connectivity index (χ1n) is 6.83. The van der Waals surface area contributed by atoms with E-state index < -0.39 is 0 Å². The van der Waals surface area contributed by atoms with Crippen molar-refractivity contribution in [1.29, 1.82) is 0 Å². The van der Waals surface area contributed by atoms with Crippen LogP contribution >= 0.6 is 15.9 Å². The molecule has 0 aliphatic carbocycles. The zero-order valence-electron chi connectivity index (χ0n) is 11.4. The van der Waals surface area contributed by atoms with Crippen LogP contribution in [0.5, 0.6) is 17.2 Å². The van der Waals surface area contributed by atoms with E-state index in [1.54, 1.807) is 12.1 Å². The third kappa shape index (κ3) is 3.42. The van der Waals surface area contributed by atoms with E-state index in [-0.39, 0.29) is 5.75 Å². The second kappa shape index (κ2) is 6.26. The number of halogens is 1. The Hall–Kier alpha value is -1.88. The Labute approximate surface area is 131 Å². The van der Waals surface area contributed by atoms with Crippen LogP contribution in [0.4, 0.5) is 5.69 Å². The van der Waals surface area contributed by atoms with Gasteiger partial charge in [0.2, 0.25) is 0 Å². The topological polar surface area (TPSA) is 50.7 Å². The number of phenols is 1. The molecule has 2 aromatic rings. The zero-order chi connectivity index (χ0) is 14.7. The number of fused-ring (bicyclic) bond motifs is 1. The third-order valence-electron chi connectivity index (χ3n) is 3.20. The summed E-state index contributed by atoms with van der Waals surface area (Å²) in [6.07, 6.45) is 0.887. The Morgan fingerprint density at radius 3 is 2.86 bits per heavy atom. The maximum absolute atomic E-state index is 9.46. The number of phenolic OH excluding ortho intramolecular Hbond substituents is 1. The SMILES string of the molecule is Oc1cccc(NCc2cc(Br)c3c(c2)OCCCO3)c1. The molecule has 0 fully saturated rings. The average molecular weight is 350 g/mol. The van der Waals surface area contributed by atoms with Gasteiger partial charge in [-0.3, -0.25) is 0 Å². The first-order chi connectivity index (χ1) is 10.2. The predicted octanol–water partition coefficient (Wildman–Crippen LogP) is 3.93. The van der Waals surface area contributed by atoms with E-state index in [4.69, 9.17) is 9.47 Å². The summed E-state index contributed by atoms with van der Waals surface area (Å²) in [5.41, 5.74) is 1.95. The van der Waals surface area contributed by atoms with Crippen molar-refractivity contribution in [2.75, 3.05) is 18.5 Å². The van der Waals surface area contributed by atoms with Crippen molar-refractivity contribution < 1.29 is 14.6 Å². The highest BCUT2D eigenvalue weighted by atomic mass is 79.9. The Morgan fingerprint density at radius 2 is 2.00 bits per heavy atom. The van der Waals surface area contributed by atoms with E-state index in [9.17, 15) is 5.11 Å². The van der Waals surface area contributed by atoms with Crippen LogP contribution < -0.4 is 14.8 Å². The lowest BCUT2D eigenvalue weighted by Gasteiger charge is -2.13. The van der Waals surface area contributed by atoms with E-state index in [1.165, 1.54) is 0 Å². The van der Waals surface area contributed by atoms with Gasteiger partial charge in [-0.25, -0.2) is 0 Å². The predicted molar refractivity (Wildman–Crippen MR) is 85.2 cm³/mol. The van der Waals surface area contributed by atoms with Gasteiger partial charge in [-0.15, -0.1) is 0 Å². The molecule has 0 aromatic heterocycles. The lowest BCUT2D eigenvalue weighted by Crippen LogP contribution is -2.01. The maximum Gasteiger partial charge on any atom is 0.175 e. The van der Waals surface area contributed by atoms with Crippen LogP contribution in [0.15, 0.2) is 40.9 Å². The zero-order valence-corrected chi connectivity index (χ0v) is 13.0. The van der Waals surface area contributed by atoms with Gasteiger partial charge in [-0.2, -0.15) is 0 Å². The van der Waals surface area contributed by atoms with Crippen molar-refractivity contribution in [2.24, 2.45) is 0 Å². The van der Waals surface area contributed by atoms with E-state index in [0.29, 0.717) is 19.8 Å². The van der Waals surface area contributed by atoms with Crippen molar-refractivity contribution in [2.45, 2.75) is 13.0 Å². The number of benzene rings is 2. The largest absolute Gasteiger partial charge is 0.508 e. The summed E-state index contributed by atoms with van der Waals surface area (Å²) < 4.78 is 12.3. The molecule has 0 atom stereocenters. The number of nitrogens with one attached hydrogen (secondary N) is 1. The lowest BCUT2D eigenvalue weighted by atomic mass is 10.2. The fourth-order valence-electron chi connectivity index (χ4n) is 2.21. The van der Waals surface area contributed by atoms with Gasteiger partial charge in [0.25, 0.3) is 0 Å². The molecule has 2 aromatic carbocycles. The minimum Gasteiger partial charge on any atom is -0.508 e.